The zero-order chi connectivity index (χ0) is 12.2. The summed E-state index contributed by atoms with van der Waals surface area (Å²) >= 11 is 0. The highest BCUT2D eigenvalue weighted by molar-refractivity contribution is 5.69. The van der Waals surface area contributed by atoms with E-state index in [1.807, 2.05) is 0 Å². The fourth-order valence-corrected chi connectivity index (χ4v) is 0.893. The lowest BCUT2D eigenvalue weighted by molar-refractivity contribution is -0.145. The molecular weight excluding hydrogens is 214 g/mol. The Morgan fingerprint density at radius 3 is 2.44 bits per heavy atom. The Morgan fingerprint density at radius 1 is 1.06 bits per heavy atom. The van der Waals surface area contributed by atoms with Gasteiger partial charge in [0.1, 0.15) is 13.2 Å². The van der Waals surface area contributed by atoms with Crippen LogP contribution in [-0.4, -0.2) is 52.0 Å². The van der Waals surface area contributed by atoms with Crippen molar-refractivity contribution in [3.63, 3.8) is 0 Å². The normalized spacial score (nSPS) is 9.88. The van der Waals surface area contributed by atoms with Gasteiger partial charge in [-0.2, -0.15) is 0 Å². The lowest BCUT2D eigenvalue weighted by Crippen LogP contribution is -2.24. The maximum Gasteiger partial charge on any atom is 0.307 e. The molecule has 0 fully saturated rings. The number of esters is 2. The monoisotopic (exact) mass is 233 g/mol. The molecule has 6 nitrogen and oxygen atoms in total. The molecule has 0 amide bonds. The summed E-state index contributed by atoms with van der Waals surface area (Å²) in [5.41, 5.74) is 0. The number of methoxy groups -OCH3 is 1. The summed E-state index contributed by atoms with van der Waals surface area (Å²) < 4.78 is 14.3. The van der Waals surface area contributed by atoms with Crippen molar-refractivity contribution in [1.29, 1.82) is 0 Å². The van der Waals surface area contributed by atoms with Crippen molar-refractivity contribution in [2.45, 2.75) is 13.3 Å². The Kier molecular flexibility index (Phi) is 9.64. The van der Waals surface area contributed by atoms with Gasteiger partial charge in [-0.3, -0.25) is 9.59 Å². The van der Waals surface area contributed by atoms with Crippen molar-refractivity contribution >= 4 is 11.9 Å². The first-order chi connectivity index (χ1) is 7.66. The van der Waals surface area contributed by atoms with E-state index in [0.717, 1.165) is 0 Å². The van der Waals surface area contributed by atoms with Gasteiger partial charge in [-0.15, -0.1) is 0 Å². The second-order valence-electron chi connectivity index (χ2n) is 3.05. The van der Waals surface area contributed by atoms with E-state index in [1.54, 1.807) is 7.11 Å². The average molecular weight is 233 g/mol. The molecule has 0 spiro atoms. The Morgan fingerprint density at radius 2 is 1.81 bits per heavy atom. The summed E-state index contributed by atoms with van der Waals surface area (Å²) in [6.07, 6.45) is 0.295. The van der Waals surface area contributed by atoms with Crippen LogP contribution < -0.4 is 5.32 Å². The maximum absolute atomic E-state index is 11.1. The van der Waals surface area contributed by atoms with Gasteiger partial charge >= 0.3 is 11.9 Å². The molecule has 94 valence electrons. The summed E-state index contributed by atoms with van der Waals surface area (Å²) in [4.78, 5) is 21.5. The zero-order valence-electron chi connectivity index (χ0n) is 9.78. The predicted octanol–water partition coefficient (Wildman–Crippen LogP) is -0.281. The third-order valence-corrected chi connectivity index (χ3v) is 1.64. The van der Waals surface area contributed by atoms with E-state index in [2.05, 4.69) is 5.32 Å². The number of carbonyl (C=O) groups excluding carboxylic acids is 2. The van der Waals surface area contributed by atoms with Crippen LogP contribution in [0.5, 0.6) is 0 Å². The summed E-state index contributed by atoms with van der Waals surface area (Å²) in [6, 6.07) is 0. The number of ether oxygens (including phenoxy) is 3. The lowest BCUT2D eigenvalue weighted by Gasteiger charge is -2.05. The zero-order valence-corrected chi connectivity index (χ0v) is 9.78. The molecule has 0 aromatic carbocycles. The van der Waals surface area contributed by atoms with Crippen LogP contribution in [0.2, 0.25) is 0 Å². The minimum Gasteiger partial charge on any atom is -0.465 e. The minimum absolute atomic E-state index is 0.267. The highest BCUT2D eigenvalue weighted by Crippen LogP contribution is 1.85. The maximum atomic E-state index is 11.1. The number of nitrogens with one attached hydrogen (secondary N) is 1. The number of carbonyl (C=O) groups is 2. The summed E-state index contributed by atoms with van der Waals surface area (Å²) in [7, 11) is 1.55. The summed E-state index contributed by atoms with van der Waals surface area (Å²) in [6.45, 7) is 3.40. The van der Waals surface area contributed by atoms with Crippen LogP contribution in [0.15, 0.2) is 0 Å². The highest BCUT2D eigenvalue weighted by atomic mass is 16.6. The van der Waals surface area contributed by atoms with Gasteiger partial charge in [0.25, 0.3) is 0 Å². The minimum atomic E-state index is -0.305. The standard InChI is InChI=1S/C10H19NO5/c1-9(12)15-6-5-11-4-3-10(13)16-8-7-14-2/h11H,3-8H2,1-2H3. The third-order valence-electron chi connectivity index (χ3n) is 1.64. The van der Waals surface area contributed by atoms with E-state index in [9.17, 15) is 9.59 Å². The predicted molar refractivity (Wildman–Crippen MR) is 57.0 cm³/mol. The summed E-state index contributed by atoms with van der Waals surface area (Å²) in [5, 5.41) is 2.95. The van der Waals surface area contributed by atoms with Crippen LogP contribution >= 0.6 is 0 Å². The van der Waals surface area contributed by atoms with Gasteiger partial charge in [-0.25, -0.2) is 0 Å². The van der Waals surface area contributed by atoms with E-state index in [4.69, 9.17) is 14.2 Å². The molecule has 0 aromatic rings. The first-order valence-electron chi connectivity index (χ1n) is 5.15. The second kappa shape index (κ2) is 10.4. The SMILES string of the molecule is COCCOC(=O)CCNCCOC(C)=O. The molecule has 1 N–H and O–H groups in total. The van der Waals surface area contributed by atoms with Crippen LogP contribution in [0.25, 0.3) is 0 Å². The first kappa shape index (κ1) is 14.9. The van der Waals surface area contributed by atoms with Gasteiger partial charge in [0, 0.05) is 27.1 Å². The average Bonchev–Trinajstić information content (AvgIpc) is 2.23. The Balaban J connectivity index is 3.18. The molecule has 6 heteroatoms. The number of hydrogen-bond acceptors (Lipinski definition) is 6. The highest BCUT2D eigenvalue weighted by Gasteiger charge is 2.01. The molecule has 0 aliphatic carbocycles. The van der Waals surface area contributed by atoms with Gasteiger partial charge in [-0.1, -0.05) is 0 Å². The Labute approximate surface area is 95.2 Å². The van der Waals surface area contributed by atoms with E-state index >= 15 is 0 Å². The van der Waals surface area contributed by atoms with Crippen molar-refractivity contribution in [2.75, 3.05) is 40.0 Å². The molecule has 0 atom stereocenters. The van der Waals surface area contributed by atoms with Crippen LogP contribution in [0.3, 0.4) is 0 Å². The fourth-order valence-electron chi connectivity index (χ4n) is 0.893. The van der Waals surface area contributed by atoms with Crippen LogP contribution in [0.1, 0.15) is 13.3 Å². The second-order valence-corrected chi connectivity index (χ2v) is 3.05. The number of rotatable bonds is 9. The molecule has 0 saturated heterocycles. The van der Waals surface area contributed by atoms with Crippen molar-refractivity contribution in [3.05, 3.63) is 0 Å². The van der Waals surface area contributed by atoms with E-state index in [1.165, 1.54) is 6.92 Å². The van der Waals surface area contributed by atoms with Crippen molar-refractivity contribution in [2.24, 2.45) is 0 Å². The van der Waals surface area contributed by atoms with Crippen molar-refractivity contribution in [3.8, 4) is 0 Å². The van der Waals surface area contributed by atoms with Crippen LogP contribution in [0.4, 0.5) is 0 Å². The molecule has 0 bridgehead atoms. The third kappa shape index (κ3) is 10.9. The molecule has 0 radical (unpaired) electrons. The molecule has 0 aliphatic heterocycles. The molecule has 0 unspecified atom stereocenters. The van der Waals surface area contributed by atoms with Crippen LogP contribution in [0, 0.1) is 0 Å². The van der Waals surface area contributed by atoms with Gasteiger partial charge < -0.3 is 19.5 Å². The van der Waals surface area contributed by atoms with Gasteiger partial charge in [0.05, 0.1) is 13.0 Å². The molecule has 0 aliphatic rings. The summed E-state index contributed by atoms with van der Waals surface area (Å²) in [5.74, 6) is -0.571. The quantitative estimate of drug-likeness (QED) is 0.436. The van der Waals surface area contributed by atoms with E-state index < -0.39 is 0 Å². The first-order valence-corrected chi connectivity index (χ1v) is 5.15. The topological polar surface area (TPSA) is 73.9 Å². The molecule has 16 heavy (non-hydrogen) atoms. The molecule has 0 rings (SSSR count). The van der Waals surface area contributed by atoms with Crippen molar-refractivity contribution < 1.29 is 23.8 Å². The smallest absolute Gasteiger partial charge is 0.307 e. The van der Waals surface area contributed by atoms with Crippen molar-refractivity contribution in [1.82, 2.24) is 5.32 Å². The molecular formula is C10H19NO5. The fraction of sp³-hybridized carbons (Fsp3) is 0.800. The Hall–Kier alpha value is -1.14. The van der Waals surface area contributed by atoms with Gasteiger partial charge in [0.15, 0.2) is 0 Å². The lowest BCUT2D eigenvalue weighted by atomic mass is 10.4. The van der Waals surface area contributed by atoms with E-state index in [0.29, 0.717) is 32.7 Å². The molecule has 0 saturated carbocycles. The van der Waals surface area contributed by atoms with Crippen LogP contribution in [-0.2, 0) is 23.8 Å². The van der Waals surface area contributed by atoms with Gasteiger partial charge in [-0.05, 0) is 0 Å². The van der Waals surface area contributed by atoms with E-state index in [-0.39, 0.29) is 18.5 Å². The molecule has 0 aromatic heterocycles. The Bertz CT molecular complexity index is 207. The largest absolute Gasteiger partial charge is 0.465 e. The molecule has 0 heterocycles. The van der Waals surface area contributed by atoms with Gasteiger partial charge in [0.2, 0.25) is 0 Å². The number of hydrogen-bond donors (Lipinski definition) is 1.